The largest absolute Gasteiger partial charge is 0.376 e. The normalized spacial score (nSPS) is 12.2. The molecule has 0 radical (unpaired) electrons. The predicted molar refractivity (Wildman–Crippen MR) is 81.7 cm³/mol. The zero-order valence-electron chi connectivity index (χ0n) is 10.9. The Balaban J connectivity index is 2.26. The van der Waals surface area contributed by atoms with Gasteiger partial charge in [-0.1, -0.05) is 31.5 Å². The fourth-order valence-corrected chi connectivity index (χ4v) is 3.09. The van der Waals surface area contributed by atoms with Crippen molar-refractivity contribution in [3.63, 3.8) is 0 Å². The molecule has 0 saturated heterocycles. The number of thiophene rings is 1. The molecule has 0 saturated carbocycles. The minimum absolute atomic E-state index is 0.227. The Morgan fingerprint density at radius 1 is 1.32 bits per heavy atom. The molecule has 1 aromatic heterocycles. The summed E-state index contributed by atoms with van der Waals surface area (Å²) in [6, 6.07) is 11.8. The van der Waals surface area contributed by atoms with Crippen molar-refractivity contribution in [1.82, 2.24) is 0 Å². The third kappa shape index (κ3) is 3.28. The van der Waals surface area contributed by atoms with Crippen LogP contribution in [0.1, 0.15) is 30.3 Å². The summed E-state index contributed by atoms with van der Waals surface area (Å²) in [6.45, 7) is 4.35. The molecule has 1 N–H and O–H groups in total. The molecule has 2 aromatic rings. The van der Waals surface area contributed by atoms with E-state index in [1.54, 1.807) is 23.5 Å². The Morgan fingerprint density at radius 2 is 2.11 bits per heavy atom. The molecule has 0 aliphatic rings. The Kier molecular flexibility index (Phi) is 4.47. The molecule has 2 rings (SSSR count). The van der Waals surface area contributed by atoms with Gasteiger partial charge in [0, 0.05) is 4.88 Å². The van der Waals surface area contributed by atoms with E-state index in [9.17, 15) is 0 Å². The summed E-state index contributed by atoms with van der Waals surface area (Å²) in [5, 5.41) is 15.0. The monoisotopic (exact) mass is 290 g/mol. The molecule has 4 heteroatoms. The van der Waals surface area contributed by atoms with E-state index in [0.717, 1.165) is 5.69 Å². The first-order valence-electron chi connectivity index (χ1n) is 6.11. The lowest BCUT2D eigenvalue weighted by molar-refractivity contribution is 0.554. The highest BCUT2D eigenvalue weighted by Crippen LogP contribution is 2.32. The van der Waals surface area contributed by atoms with Gasteiger partial charge in [0.1, 0.15) is 0 Å². The number of benzene rings is 1. The lowest BCUT2D eigenvalue weighted by atomic mass is 10.0. The van der Waals surface area contributed by atoms with Crippen LogP contribution in [-0.2, 0) is 0 Å². The highest BCUT2D eigenvalue weighted by atomic mass is 35.5. The molecule has 0 aliphatic heterocycles. The van der Waals surface area contributed by atoms with Crippen LogP contribution in [0.2, 0.25) is 5.02 Å². The number of nitriles is 1. The van der Waals surface area contributed by atoms with E-state index in [0.29, 0.717) is 16.5 Å². The molecule has 0 amide bonds. The van der Waals surface area contributed by atoms with Crippen LogP contribution in [0.4, 0.5) is 5.69 Å². The molecule has 98 valence electrons. The van der Waals surface area contributed by atoms with Gasteiger partial charge in [-0.05, 0) is 35.6 Å². The molecule has 1 heterocycles. The zero-order chi connectivity index (χ0) is 13.8. The number of anilines is 1. The van der Waals surface area contributed by atoms with Gasteiger partial charge < -0.3 is 5.32 Å². The summed E-state index contributed by atoms with van der Waals surface area (Å²) < 4.78 is 0. The molecule has 1 unspecified atom stereocenters. The maximum Gasteiger partial charge on any atom is 0.0992 e. The maximum atomic E-state index is 8.85. The second kappa shape index (κ2) is 6.10. The van der Waals surface area contributed by atoms with E-state index >= 15 is 0 Å². The summed E-state index contributed by atoms with van der Waals surface area (Å²) >= 11 is 7.94. The van der Waals surface area contributed by atoms with Crippen molar-refractivity contribution in [3.8, 4) is 6.07 Å². The average molecular weight is 291 g/mol. The van der Waals surface area contributed by atoms with Gasteiger partial charge in [-0.3, -0.25) is 0 Å². The van der Waals surface area contributed by atoms with Crippen molar-refractivity contribution in [1.29, 1.82) is 5.26 Å². The van der Waals surface area contributed by atoms with Gasteiger partial charge in [-0.15, -0.1) is 11.3 Å². The maximum absolute atomic E-state index is 8.85. The van der Waals surface area contributed by atoms with Gasteiger partial charge in [-0.25, -0.2) is 0 Å². The number of hydrogen-bond acceptors (Lipinski definition) is 3. The Hall–Kier alpha value is -1.50. The third-order valence-electron chi connectivity index (χ3n) is 2.93. The van der Waals surface area contributed by atoms with Crippen LogP contribution < -0.4 is 5.32 Å². The molecule has 1 atom stereocenters. The second-order valence-electron chi connectivity index (χ2n) is 4.69. The smallest absolute Gasteiger partial charge is 0.0992 e. The van der Waals surface area contributed by atoms with E-state index in [1.807, 2.05) is 6.07 Å². The molecule has 0 bridgehead atoms. The summed E-state index contributed by atoms with van der Waals surface area (Å²) in [5.74, 6) is 0.449. The first-order valence-corrected chi connectivity index (χ1v) is 7.37. The standard InChI is InChI=1S/C15H15ClN2S/c1-10(2)15(14-4-3-7-19-14)18-13-6-5-11(9-17)8-12(13)16/h3-8,10,15,18H,1-2H3. The fraction of sp³-hybridized carbons (Fsp3) is 0.267. The second-order valence-corrected chi connectivity index (χ2v) is 6.07. The van der Waals surface area contributed by atoms with Crippen molar-refractivity contribution in [3.05, 3.63) is 51.2 Å². The van der Waals surface area contributed by atoms with Crippen molar-refractivity contribution in [2.24, 2.45) is 5.92 Å². The fourth-order valence-electron chi connectivity index (χ4n) is 1.90. The molecule has 2 nitrogen and oxygen atoms in total. The van der Waals surface area contributed by atoms with E-state index in [1.165, 1.54) is 4.88 Å². The van der Waals surface area contributed by atoms with Gasteiger partial charge in [0.25, 0.3) is 0 Å². The number of nitrogens with zero attached hydrogens (tertiary/aromatic N) is 1. The SMILES string of the molecule is CC(C)C(Nc1ccc(C#N)cc1Cl)c1cccs1. The molecule has 1 aromatic carbocycles. The number of halogens is 1. The highest BCUT2D eigenvalue weighted by molar-refractivity contribution is 7.10. The first kappa shape index (κ1) is 13.9. The topological polar surface area (TPSA) is 35.8 Å². The lowest BCUT2D eigenvalue weighted by Crippen LogP contribution is -2.15. The van der Waals surface area contributed by atoms with E-state index in [-0.39, 0.29) is 6.04 Å². The number of nitrogens with one attached hydrogen (secondary N) is 1. The van der Waals surface area contributed by atoms with Gasteiger partial charge >= 0.3 is 0 Å². The Morgan fingerprint density at radius 3 is 2.63 bits per heavy atom. The third-order valence-corrected chi connectivity index (χ3v) is 4.19. The minimum atomic E-state index is 0.227. The van der Waals surface area contributed by atoms with Crippen LogP contribution in [0.5, 0.6) is 0 Å². The van der Waals surface area contributed by atoms with Crippen molar-refractivity contribution < 1.29 is 0 Å². The van der Waals surface area contributed by atoms with Crippen molar-refractivity contribution >= 4 is 28.6 Å². The molecule has 0 fully saturated rings. The molecular formula is C15H15ClN2S. The summed E-state index contributed by atoms with van der Waals surface area (Å²) in [7, 11) is 0. The van der Waals surface area contributed by atoms with E-state index < -0.39 is 0 Å². The van der Waals surface area contributed by atoms with Gasteiger partial charge in [0.05, 0.1) is 28.4 Å². The zero-order valence-corrected chi connectivity index (χ0v) is 12.4. The Bertz CT molecular complexity index is 585. The number of rotatable bonds is 4. The lowest BCUT2D eigenvalue weighted by Gasteiger charge is -2.23. The van der Waals surface area contributed by atoms with Crippen LogP contribution in [0.3, 0.4) is 0 Å². The van der Waals surface area contributed by atoms with Gasteiger partial charge in [0.2, 0.25) is 0 Å². The van der Waals surface area contributed by atoms with Crippen LogP contribution in [0.25, 0.3) is 0 Å². The Labute approximate surface area is 122 Å². The average Bonchev–Trinajstić information content (AvgIpc) is 2.90. The number of hydrogen-bond donors (Lipinski definition) is 1. The van der Waals surface area contributed by atoms with Crippen molar-refractivity contribution in [2.45, 2.75) is 19.9 Å². The van der Waals surface area contributed by atoms with Crippen LogP contribution in [-0.4, -0.2) is 0 Å². The van der Waals surface area contributed by atoms with Crippen LogP contribution in [0, 0.1) is 17.2 Å². The quantitative estimate of drug-likeness (QED) is 0.852. The summed E-state index contributed by atoms with van der Waals surface area (Å²) in [4.78, 5) is 1.29. The van der Waals surface area contributed by atoms with Gasteiger partial charge in [0.15, 0.2) is 0 Å². The van der Waals surface area contributed by atoms with Gasteiger partial charge in [-0.2, -0.15) is 5.26 Å². The van der Waals surface area contributed by atoms with E-state index in [4.69, 9.17) is 16.9 Å². The van der Waals surface area contributed by atoms with Crippen LogP contribution in [0.15, 0.2) is 35.7 Å². The summed E-state index contributed by atoms with van der Waals surface area (Å²) in [5.41, 5.74) is 1.44. The molecule has 0 aliphatic carbocycles. The summed E-state index contributed by atoms with van der Waals surface area (Å²) in [6.07, 6.45) is 0. The van der Waals surface area contributed by atoms with E-state index in [2.05, 4.69) is 42.7 Å². The molecular weight excluding hydrogens is 276 g/mol. The van der Waals surface area contributed by atoms with Crippen molar-refractivity contribution in [2.75, 3.05) is 5.32 Å². The minimum Gasteiger partial charge on any atom is -0.376 e. The predicted octanol–water partition coefficient (Wildman–Crippen LogP) is 5.08. The highest BCUT2D eigenvalue weighted by Gasteiger charge is 2.17. The van der Waals surface area contributed by atoms with Crippen LogP contribution >= 0.6 is 22.9 Å². The first-order chi connectivity index (χ1) is 9.11. The molecule has 19 heavy (non-hydrogen) atoms. The molecule has 0 spiro atoms.